The minimum Gasteiger partial charge on any atom is -0.397 e. The summed E-state index contributed by atoms with van der Waals surface area (Å²) >= 11 is 0. The van der Waals surface area contributed by atoms with Gasteiger partial charge < -0.3 is 15.6 Å². The van der Waals surface area contributed by atoms with Crippen molar-refractivity contribution in [1.29, 1.82) is 5.26 Å². The van der Waals surface area contributed by atoms with E-state index >= 15 is 0 Å². The third kappa shape index (κ3) is 2.24. The number of carbonyl (C=O) groups excluding carboxylic acids is 1. The second kappa shape index (κ2) is 4.74. The van der Waals surface area contributed by atoms with E-state index in [0.717, 1.165) is 12.8 Å². The van der Waals surface area contributed by atoms with Crippen molar-refractivity contribution in [2.24, 2.45) is 0 Å². The zero-order chi connectivity index (χ0) is 14.1. The lowest BCUT2D eigenvalue weighted by Gasteiger charge is -2.09. The minimum atomic E-state index is -0.240. The quantitative estimate of drug-likeness (QED) is 0.895. The Balaban J connectivity index is 1.88. The number of anilines is 2. The van der Waals surface area contributed by atoms with Gasteiger partial charge in [-0.15, -0.1) is 0 Å². The number of rotatable bonds is 3. The average Bonchev–Trinajstić information content (AvgIpc) is 3.22. The molecular weight excluding hydrogens is 252 g/mol. The summed E-state index contributed by atoms with van der Waals surface area (Å²) in [6, 6.07) is 11.0. The van der Waals surface area contributed by atoms with Gasteiger partial charge in [-0.2, -0.15) is 5.26 Å². The molecule has 100 valence electrons. The van der Waals surface area contributed by atoms with Gasteiger partial charge >= 0.3 is 0 Å². The molecule has 0 saturated heterocycles. The van der Waals surface area contributed by atoms with Crippen molar-refractivity contribution in [2.75, 3.05) is 11.1 Å². The first-order chi connectivity index (χ1) is 9.69. The fourth-order valence-corrected chi connectivity index (χ4v) is 2.21. The van der Waals surface area contributed by atoms with E-state index < -0.39 is 0 Å². The maximum atomic E-state index is 12.4. The number of amides is 1. The van der Waals surface area contributed by atoms with Crippen molar-refractivity contribution in [3.63, 3.8) is 0 Å². The van der Waals surface area contributed by atoms with Crippen molar-refractivity contribution in [3.8, 4) is 6.07 Å². The van der Waals surface area contributed by atoms with E-state index in [1.54, 1.807) is 36.5 Å². The number of carbonyl (C=O) groups is 1. The smallest absolute Gasteiger partial charge is 0.272 e. The molecule has 1 saturated carbocycles. The van der Waals surface area contributed by atoms with E-state index in [2.05, 4.69) is 11.4 Å². The Morgan fingerprint density at radius 2 is 2.15 bits per heavy atom. The second-order valence-electron chi connectivity index (χ2n) is 4.91. The molecule has 1 aliphatic carbocycles. The van der Waals surface area contributed by atoms with E-state index in [0.29, 0.717) is 28.7 Å². The predicted molar refractivity (Wildman–Crippen MR) is 76.2 cm³/mol. The second-order valence-corrected chi connectivity index (χ2v) is 4.91. The van der Waals surface area contributed by atoms with Crippen LogP contribution >= 0.6 is 0 Å². The van der Waals surface area contributed by atoms with Crippen LogP contribution in [0.5, 0.6) is 0 Å². The molecule has 5 nitrogen and oxygen atoms in total. The minimum absolute atomic E-state index is 0.240. The molecule has 3 N–H and O–H groups in total. The van der Waals surface area contributed by atoms with Crippen LogP contribution in [0, 0.1) is 11.3 Å². The van der Waals surface area contributed by atoms with Gasteiger partial charge in [0.25, 0.3) is 5.91 Å². The number of nitrogens with zero attached hydrogens (tertiary/aromatic N) is 2. The molecule has 0 aliphatic heterocycles. The van der Waals surface area contributed by atoms with Crippen molar-refractivity contribution in [2.45, 2.75) is 18.9 Å². The van der Waals surface area contributed by atoms with E-state index in [-0.39, 0.29) is 5.91 Å². The third-order valence-corrected chi connectivity index (χ3v) is 3.34. The van der Waals surface area contributed by atoms with Crippen LogP contribution in [0.15, 0.2) is 36.5 Å². The van der Waals surface area contributed by atoms with E-state index in [1.807, 2.05) is 4.57 Å². The van der Waals surface area contributed by atoms with Gasteiger partial charge in [0.1, 0.15) is 11.8 Å². The summed E-state index contributed by atoms with van der Waals surface area (Å²) in [5, 5.41) is 11.8. The summed E-state index contributed by atoms with van der Waals surface area (Å²) in [4.78, 5) is 12.4. The number of para-hydroxylation sites is 1. The molecule has 0 unspecified atom stereocenters. The fourth-order valence-electron chi connectivity index (χ4n) is 2.21. The number of benzene rings is 1. The first-order valence-corrected chi connectivity index (χ1v) is 6.47. The van der Waals surface area contributed by atoms with Crippen molar-refractivity contribution in [3.05, 3.63) is 47.8 Å². The van der Waals surface area contributed by atoms with Crippen molar-refractivity contribution >= 4 is 17.3 Å². The number of aromatic nitrogens is 1. The molecular formula is C15H14N4O. The maximum Gasteiger partial charge on any atom is 0.272 e. The molecule has 1 aromatic carbocycles. The molecule has 1 aliphatic rings. The maximum absolute atomic E-state index is 12.4. The highest BCUT2D eigenvalue weighted by Crippen LogP contribution is 2.37. The largest absolute Gasteiger partial charge is 0.397 e. The highest BCUT2D eigenvalue weighted by Gasteiger charge is 2.27. The average molecular weight is 266 g/mol. The molecule has 0 atom stereocenters. The zero-order valence-electron chi connectivity index (χ0n) is 10.8. The van der Waals surface area contributed by atoms with Gasteiger partial charge in [-0.05, 0) is 31.0 Å². The Morgan fingerprint density at radius 3 is 2.85 bits per heavy atom. The van der Waals surface area contributed by atoms with Gasteiger partial charge in [0.15, 0.2) is 0 Å². The number of nitrogen functional groups attached to an aromatic ring is 1. The van der Waals surface area contributed by atoms with Crippen LogP contribution in [0.4, 0.5) is 11.4 Å². The molecule has 1 aromatic heterocycles. The molecule has 3 rings (SSSR count). The lowest BCUT2D eigenvalue weighted by molar-refractivity contribution is 0.101. The van der Waals surface area contributed by atoms with Gasteiger partial charge in [0.05, 0.1) is 16.9 Å². The molecule has 1 fully saturated rings. The molecule has 2 aromatic rings. The molecule has 0 spiro atoms. The third-order valence-electron chi connectivity index (χ3n) is 3.34. The van der Waals surface area contributed by atoms with Crippen molar-refractivity contribution < 1.29 is 4.79 Å². The summed E-state index contributed by atoms with van der Waals surface area (Å²) in [5.74, 6) is -0.240. The summed E-state index contributed by atoms with van der Waals surface area (Å²) in [5.41, 5.74) is 7.86. The molecule has 0 bridgehead atoms. The monoisotopic (exact) mass is 266 g/mol. The van der Waals surface area contributed by atoms with E-state index in [9.17, 15) is 4.79 Å². The van der Waals surface area contributed by atoms with Crippen LogP contribution in [0.1, 0.15) is 34.9 Å². The summed E-state index contributed by atoms with van der Waals surface area (Å²) in [6.07, 6.45) is 3.94. The summed E-state index contributed by atoms with van der Waals surface area (Å²) in [7, 11) is 0. The van der Waals surface area contributed by atoms with Crippen LogP contribution in [-0.4, -0.2) is 10.5 Å². The first kappa shape index (κ1) is 12.3. The molecule has 20 heavy (non-hydrogen) atoms. The first-order valence-electron chi connectivity index (χ1n) is 6.47. The van der Waals surface area contributed by atoms with E-state index in [4.69, 9.17) is 11.0 Å². The number of hydrogen-bond donors (Lipinski definition) is 2. The van der Waals surface area contributed by atoms with Crippen LogP contribution in [0.3, 0.4) is 0 Å². The highest BCUT2D eigenvalue weighted by molar-refractivity contribution is 6.04. The normalized spacial score (nSPS) is 13.8. The van der Waals surface area contributed by atoms with Gasteiger partial charge in [0, 0.05) is 12.2 Å². The number of nitriles is 1. The van der Waals surface area contributed by atoms with Crippen LogP contribution in [0.2, 0.25) is 0 Å². The predicted octanol–water partition coefficient (Wildman–Crippen LogP) is 2.53. The van der Waals surface area contributed by atoms with Crippen LogP contribution in [-0.2, 0) is 0 Å². The Hall–Kier alpha value is -2.74. The SMILES string of the molecule is N#Cc1ccccc1NC(=O)c1cc(N)cn1C1CC1. The highest BCUT2D eigenvalue weighted by atomic mass is 16.2. The van der Waals surface area contributed by atoms with Gasteiger partial charge in [-0.3, -0.25) is 4.79 Å². The van der Waals surface area contributed by atoms with Gasteiger partial charge in [-0.25, -0.2) is 0 Å². The molecule has 1 amide bonds. The summed E-state index contributed by atoms with van der Waals surface area (Å²) < 4.78 is 1.92. The Kier molecular flexibility index (Phi) is 2.92. The zero-order valence-corrected chi connectivity index (χ0v) is 10.8. The Labute approximate surface area is 116 Å². The van der Waals surface area contributed by atoms with Crippen LogP contribution in [0.25, 0.3) is 0 Å². The standard InChI is InChI=1S/C15H14N4O/c16-8-10-3-1-2-4-13(10)18-15(20)14-7-11(17)9-19(14)12-5-6-12/h1-4,7,9,12H,5-6,17H2,(H,18,20). The summed E-state index contributed by atoms with van der Waals surface area (Å²) in [6.45, 7) is 0. The Morgan fingerprint density at radius 1 is 1.40 bits per heavy atom. The topological polar surface area (TPSA) is 83.8 Å². The fraction of sp³-hybridized carbons (Fsp3) is 0.200. The lowest BCUT2D eigenvalue weighted by Crippen LogP contribution is -2.17. The lowest BCUT2D eigenvalue weighted by atomic mass is 10.2. The number of nitrogens with two attached hydrogens (primary N) is 1. The Bertz CT molecular complexity index is 707. The number of nitrogens with one attached hydrogen (secondary N) is 1. The van der Waals surface area contributed by atoms with Gasteiger partial charge in [-0.1, -0.05) is 12.1 Å². The van der Waals surface area contributed by atoms with Crippen LogP contribution < -0.4 is 11.1 Å². The van der Waals surface area contributed by atoms with E-state index in [1.165, 1.54) is 0 Å². The molecule has 1 heterocycles. The van der Waals surface area contributed by atoms with Crippen molar-refractivity contribution in [1.82, 2.24) is 4.57 Å². The molecule has 0 radical (unpaired) electrons. The molecule has 5 heteroatoms. The van der Waals surface area contributed by atoms with Gasteiger partial charge in [0.2, 0.25) is 0 Å². The number of hydrogen-bond acceptors (Lipinski definition) is 3.